The smallest absolute Gasteiger partial charge is 0.223 e. The molecule has 3 fully saturated rings. The highest BCUT2D eigenvalue weighted by molar-refractivity contribution is 7.99. The summed E-state index contributed by atoms with van der Waals surface area (Å²) in [6, 6.07) is 0. The van der Waals surface area contributed by atoms with Crippen LogP contribution in [0.4, 0.5) is 0 Å². The second kappa shape index (κ2) is 7.34. The maximum atomic E-state index is 11.9. The van der Waals surface area contributed by atoms with Crippen LogP contribution in [0, 0.1) is 11.8 Å². The van der Waals surface area contributed by atoms with Crippen molar-refractivity contribution in [1.82, 2.24) is 5.32 Å². The lowest BCUT2D eigenvalue weighted by molar-refractivity contribution is -0.124. The lowest BCUT2D eigenvalue weighted by Crippen LogP contribution is -2.35. The first kappa shape index (κ1) is 15.6. The number of hydrogen-bond acceptors (Lipinski definition) is 4. The topological polar surface area (TPSA) is 58.6 Å². The van der Waals surface area contributed by atoms with Crippen molar-refractivity contribution in [2.24, 2.45) is 11.8 Å². The predicted molar refractivity (Wildman–Crippen MR) is 84.3 cm³/mol. The van der Waals surface area contributed by atoms with Crippen LogP contribution < -0.4 is 5.32 Å². The van der Waals surface area contributed by atoms with Crippen LogP contribution in [0.25, 0.3) is 0 Å². The van der Waals surface area contributed by atoms with Gasteiger partial charge in [-0.3, -0.25) is 4.79 Å². The van der Waals surface area contributed by atoms with Gasteiger partial charge >= 0.3 is 0 Å². The van der Waals surface area contributed by atoms with Crippen LogP contribution in [0.2, 0.25) is 0 Å². The second-order valence-electron chi connectivity index (χ2n) is 6.70. The third-order valence-corrected chi connectivity index (χ3v) is 6.36. The highest BCUT2D eigenvalue weighted by Gasteiger charge is 2.39. The molecule has 120 valence electrons. The van der Waals surface area contributed by atoms with Crippen LogP contribution in [-0.2, 0) is 9.53 Å². The number of carbonyl (C=O) groups excluding carboxylic acids is 1. The number of aliphatic hydroxyl groups is 1. The van der Waals surface area contributed by atoms with Crippen LogP contribution in [-0.4, -0.2) is 47.4 Å². The maximum Gasteiger partial charge on any atom is 0.223 e. The third kappa shape index (κ3) is 3.93. The number of fused-ring (bicyclic) bond motifs is 1. The van der Waals surface area contributed by atoms with E-state index in [4.69, 9.17) is 4.74 Å². The van der Waals surface area contributed by atoms with Gasteiger partial charge in [-0.2, -0.15) is 11.8 Å². The van der Waals surface area contributed by atoms with E-state index >= 15 is 0 Å². The van der Waals surface area contributed by atoms with Crippen molar-refractivity contribution in [2.45, 2.75) is 63.3 Å². The van der Waals surface area contributed by atoms with Gasteiger partial charge in [0.15, 0.2) is 0 Å². The molecule has 5 atom stereocenters. The van der Waals surface area contributed by atoms with Gasteiger partial charge in [-0.25, -0.2) is 0 Å². The van der Waals surface area contributed by atoms with E-state index in [1.54, 1.807) is 0 Å². The monoisotopic (exact) mass is 313 g/mol. The molecule has 3 aliphatic rings. The SMILES string of the molecule is O=C(NCC[C@@H](O)C1CC2CCCCC2O1)C1CCSC1. The zero-order valence-corrected chi connectivity index (χ0v) is 13.4. The number of amides is 1. The van der Waals surface area contributed by atoms with Crippen LogP contribution >= 0.6 is 11.8 Å². The zero-order chi connectivity index (χ0) is 14.7. The Hall–Kier alpha value is -0.260. The van der Waals surface area contributed by atoms with E-state index in [2.05, 4.69) is 5.32 Å². The molecule has 0 aromatic heterocycles. The number of aliphatic hydroxyl groups excluding tert-OH is 1. The van der Waals surface area contributed by atoms with E-state index < -0.39 is 6.10 Å². The third-order valence-electron chi connectivity index (χ3n) is 5.19. The van der Waals surface area contributed by atoms with Gasteiger partial charge < -0.3 is 15.2 Å². The van der Waals surface area contributed by atoms with E-state index in [9.17, 15) is 9.90 Å². The first-order chi connectivity index (χ1) is 10.2. The summed E-state index contributed by atoms with van der Waals surface area (Å²) in [4.78, 5) is 11.9. The summed E-state index contributed by atoms with van der Waals surface area (Å²) < 4.78 is 6.02. The Morgan fingerprint density at radius 2 is 2.19 bits per heavy atom. The second-order valence-corrected chi connectivity index (χ2v) is 7.85. The number of thioether (sulfide) groups is 1. The number of carbonyl (C=O) groups is 1. The van der Waals surface area contributed by atoms with Gasteiger partial charge in [0.1, 0.15) is 0 Å². The van der Waals surface area contributed by atoms with Crippen molar-refractivity contribution in [3.63, 3.8) is 0 Å². The van der Waals surface area contributed by atoms with Crippen LogP contribution in [0.15, 0.2) is 0 Å². The normalized spacial score (nSPS) is 37.2. The van der Waals surface area contributed by atoms with Gasteiger partial charge in [0, 0.05) is 18.2 Å². The molecule has 3 rings (SSSR count). The molecule has 4 unspecified atom stereocenters. The zero-order valence-electron chi connectivity index (χ0n) is 12.6. The van der Waals surface area contributed by atoms with Crippen molar-refractivity contribution in [1.29, 1.82) is 0 Å². The molecular weight excluding hydrogens is 286 g/mol. The Bertz CT molecular complexity index is 345. The number of nitrogens with one attached hydrogen (secondary N) is 1. The van der Waals surface area contributed by atoms with Gasteiger partial charge in [-0.1, -0.05) is 12.8 Å². The summed E-state index contributed by atoms with van der Waals surface area (Å²) >= 11 is 1.85. The molecule has 0 aromatic rings. The average molecular weight is 313 g/mol. The Kier molecular flexibility index (Phi) is 5.46. The summed E-state index contributed by atoms with van der Waals surface area (Å²) in [5, 5.41) is 13.3. The Labute approximate surface area is 131 Å². The molecule has 2 heterocycles. The first-order valence-electron chi connectivity index (χ1n) is 8.43. The molecular formula is C16H27NO3S. The molecule has 0 spiro atoms. The molecule has 0 bridgehead atoms. The van der Waals surface area contributed by atoms with Crippen LogP contribution in [0.3, 0.4) is 0 Å². The largest absolute Gasteiger partial charge is 0.390 e. The van der Waals surface area contributed by atoms with Gasteiger partial charge in [-0.05, 0) is 43.8 Å². The molecule has 0 radical (unpaired) electrons. The molecule has 1 aliphatic carbocycles. The molecule has 1 saturated carbocycles. The van der Waals surface area contributed by atoms with E-state index in [1.165, 1.54) is 19.3 Å². The molecule has 21 heavy (non-hydrogen) atoms. The fourth-order valence-corrected chi connectivity index (χ4v) is 5.08. The van der Waals surface area contributed by atoms with Crippen molar-refractivity contribution in [3.05, 3.63) is 0 Å². The Balaban J connectivity index is 1.36. The standard InChI is InChI=1S/C16H27NO3S/c18-13(5-7-17-16(19)12-6-8-21-10-12)15-9-11-3-1-2-4-14(11)20-15/h11-15,18H,1-10H2,(H,17,19)/t11?,12?,13-,14?,15?/m1/s1. The Morgan fingerprint density at radius 1 is 1.33 bits per heavy atom. The number of rotatable bonds is 5. The van der Waals surface area contributed by atoms with Crippen LogP contribution in [0.5, 0.6) is 0 Å². The van der Waals surface area contributed by atoms with Gasteiger partial charge in [-0.15, -0.1) is 0 Å². The van der Waals surface area contributed by atoms with E-state index in [0.29, 0.717) is 25.0 Å². The summed E-state index contributed by atoms with van der Waals surface area (Å²) in [7, 11) is 0. The van der Waals surface area contributed by atoms with E-state index in [1.807, 2.05) is 11.8 Å². The van der Waals surface area contributed by atoms with E-state index in [0.717, 1.165) is 30.8 Å². The van der Waals surface area contributed by atoms with Gasteiger partial charge in [0.05, 0.1) is 18.3 Å². The van der Waals surface area contributed by atoms with Crippen molar-refractivity contribution in [3.8, 4) is 0 Å². The maximum absolute atomic E-state index is 11.9. The molecule has 1 amide bonds. The van der Waals surface area contributed by atoms with Crippen molar-refractivity contribution >= 4 is 17.7 Å². The minimum atomic E-state index is -0.436. The minimum Gasteiger partial charge on any atom is -0.390 e. The summed E-state index contributed by atoms with van der Waals surface area (Å²) in [6.45, 7) is 0.566. The fourth-order valence-electron chi connectivity index (χ4n) is 3.86. The number of ether oxygens (including phenoxy) is 1. The van der Waals surface area contributed by atoms with E-state index in [-0.39, 0.29) is 17.9 Å². The molecule has 2 saturated heterocycles. The summed E-state index contributed by atoms with van der Waals surface area (Å²) in [5.74, 6) is 3.04. The Morgan fingerprint density at radius 3 is 2.95 bits per heavy atom. The van der Waals surface area contributed by atoms with Crippen molar-refractivity contribution < 1.29 is 14.6 Å². The minimum absolute atomic E-state index is 0.0166. The lowest BCUT2D eigenvalue weighted by atomic mass is 9.85. The first-order valence-corrected chi connectivity index (χ1v) is 9.58. The fraction of sp³-hybridized carbons (Fsp3) is 0.938. The molecule has 0 aromatic carbocycles. The summed E-state index contributed by atoms with van der Waals surface area (Å²) in [6.07, 6.45) is 7.51. The van der Waals surface area contributed by atoms with Crippen LogP contribution in [0.1, 0.15) is 44.9 Å². The highest BCUT2D eigenvalue weighted by atomic mass is 32.2. The summed E-state index contributed by atoms with van der Waals surface area (Å²) in [5.41, 5.74) is 0. The number of hydrogen-bond donors (Lipinski definition) is 2. The van der Waals surface area contributed by atoms with Gasteiger partial charge in [0.2, 0.25) is 5.91 Å². The quantitative estimate of drug-likeness (QED) is 0.814. The molecule has 4 nitrogen and oxygen atoms in total. The molecule has 5 heteroatoms. The highest BCUT2D eigenvalue weighted by Crippen LogP contribution is 2.38. The molecule has 2 aliphatic heterocycles. The lowest BCUT2D eigenvalue weighted by Gasteiger charge is -2.23. The van der Waals surface area contributed by atoms with Crippen molar-refractivity contribution in [2.75, 3.05) is 18.1 Å². The molecule has 2 N–H and O–H groups in total. The average Bonchev–Trinajstić information content (AvgIpc) is 3.16. The predicted octanol–water partition coefficient (Wildman–Crippen LogP) is 1.95. The van der Waals surface area contributed by atoms with Gasteiger partial charge in [0.25, 0.3) is 0 Å².